The van der Waals surface area contributed by atoms with Crippen LogP contribution in [0.5, 0.6) is 0 Å². The number of nitrogens with zero attached hydrogens (tertiary/aromatic N) is 1. The van der Waals surface area contributed by atoms with Crippen molar-refractivity contribution in [3.8, 4) is 22.4 Å². The molecule has 1 N–H and O–H groups in total. The molecule has 1 saturated heterocycles. The van der Waals surface area contributed by atoms with E-state index in [1.165, 1.54) is 17.8 Å². The van der Waals surface area contributed by atoms with Crippen LogP contribution in [0.3, 0.4) is 0 Å². The van der Waals surface area contributed by atoms with E-state index in [0.29, 0.717) is 19.4 Å². The van der Waals surface area contributed by atoms with Crippen LogP contribution in [-0.2, 0) is 16.1 Å². The molecule has 0 amide bonds. The number of hydrogen-bond donors (Lipinski definition) is 1. The SMILES string of the molecule is CC(C)c1cc(-c2ccsc2)c(-c2ccc(F)cc2)n1CCC1CC(O)CC(=O)O1. The predicted molar refractivity (Wildman–Crippen MR) is 117 cm³/mol. The van der Waals surface area contributed by atoms with Gasteiger partial charge in [0.25, 0.3) is 0 Å². The van der Waals surface area contributed by atoms with E-state index in [1.807, 2.05) is 12.1 Å². The summed E-state index contributed by atoms with van der Waals surface area (Å²) in [5.41, 5.74) is 5.43. The Morgan fingerprint density at radius 2 is 2.00 bits per heavy atom. The number of ether oxygens (including phenoxy) is 1. The number of esters is 1. The molecule has 2 atom stereocenters. The van der Waals surface area contributed by atoms with Gasteiger partial charge in [-0.05, 0) is 64.2 Å². The molecule has 1 aliphatic rings. The van der Waals surface area contributed by atoms with E-state index < -0.39 is 6.10 Å². The molecule has 6 heteroatoms. The van der Waals surface area contributed by atoms with Gasteiger partial charge in [0.1, 0.15) is 11.9 Å². The van der Waals surface area contributed by atoms with Crippen LogP contribution >= 0.6 is 11.3 Å². The first-order valence-corrected chi connectivity index (χ1v) is 11.3. The third kappa shape index (κ3) is 4.35. The molecule has 3 aromatic rings. The Labute approximate surface area is 179 Å². The summed E-state index contributed by atoms with van der Waals surface area (Å²) in [6, 6.07) is 10.9. The maximum Gasteiger partial charge on any atom is 0.308 e. The van der Waals surface area contributed by atoms with E-state index in [2.05, 4.69) is 41.3 Å². The van der Waals surface area contributed by atoms with Crippen molar-refractivity contribution in [2.45, 2.75) is 57.8 Å². The van der Waals surface area contributed by atoms with Crippen LogP contribution in [0.25, 0.3) is 22.4 Å². The molecular weight excluding hydrogens is 401 g/mol. The van der Waals surface area contributed by atoms with Gasteiger partial charge in [-0.15, -0.1) is 0 Å². The van der Waals surface area contributed by atoms with Gasteiger partial charge in [-0.3, -0.25) is 4.79 Å². The van der Waals surface area contributed by atoms with Crippen LogP contribution in [-0.4, -0.2) is 27.9 Å². The van der Waals surface area contributed by atoms with Gasteiger partial charge in [-0.25, -0.2) is 4.39 Å². The summed E-state index contributed by atoms with van der Waals surface area (Å²) in [5.74, 6) is -0.315. The zero-order valence-corrected chi connectivity index (χ0v) is 18.0. The summed E-state index contributed by atoms with van der Waals surface area (Å²) < 4.78 is 21.3. The Kier molecular flexibility index (Phi) is 6.06. The number of cyclic esters (lactones) is 1. The first kappa shape index (κ1) is 20.8. The fraction of sp³-hybridized carbons (Fsp3) is 0.375. The van der Waals surface area contributed by atoms with Crippen molar-refractivity contribution >= 4 is 17.3 Å². The molecule has 30 heavy (non-hydrogen) atoms. The highest BCUT2D eigenvalue weighted by atomic mass is 32.1. The fourth-order valence-corrected chi connectivity index (χ4v) is 4.81. The van der Waals surface area contributed by atoms with Crippen LogP contribution in [0.2, 0.25) is 0 Å². The molecule has 2 aromatic heterocycles. The highest BCUT2D eigenvalue weighted by molar-refractivity contribution is 7.08. The molecule has 4 nitrogen and oxygen atoms in total. The topological polar surface area (TPSA) is 51.5 Å². The third-order valence-electron chi connectivity index (χ3n) is 5.58. The molecular formula is C24H26FNO3S. The molecule has 2 unspecified atom stereocenters. The highest BCUT2D eigenvalue weighted by Gasteiger charge is 2.28. The molecule has 1 aromatic carbocycles. The number of carbonyl (C=O) groups excluding carboxylic acids is 1. The van der Waals surface area contributed by atoms with Crippen LogP contribution in [0.1, 0.15) is 44.7 Å². The van der Waals surface area contributed by atoms with Crippen molar-refractivity contribution in [3.05, 3.63) is 58.7 Å². The summed E-state index contributed by atoms with van der Waals surface area (Å²) in [6.45, 7) is 4.96. The van der Waals surface area contributed by atoms with E-state index in [0.717, 1.165) is 22.4 Å². The standard InChI is InChI=1S/C24H26FNO3S/c1-15(2)22-13-21(17-8-10-30-14-17)24(16-3-5-18(25)6-4-16)26(22)9-7-20-11-19(27)12-23(28)29-20/h3-6,8,10,13-15,19-20,27H,7,9,11-12H2,1-2H3. The molecule has 0 aliphatic carbocycles. The average Bonchev–Trinajstić information content (AvgIpc) is 3.34. The second-order valence-corrected chi connectivity index (χ2v) is 8.93. The number of carbonyl (C=O) groups is 1. The minimum Gasteiger partial charge on any atom is -0.462 e. The molecule has 0 saturated carbocycles. The van der Waals surface area contributed by atoms with Gasteiger partial charge in [0.15, 0.2) is 0 Å². The van der Waals surface area contributed by atoms with Gasteiger partial charge in [-0.2, -0.15) is 11.3 Å². The van der Waals surface area contributed by atoms with Crippen molar-refractivity contribution in [1.29, 1.82) is 0 Å². The van der Waals surface area contributed by atoms with E-state index in [-0.39, 0.29) is 30.2 Å². The highest BCUT2D eigenvalue weighted by Crippen LogP contribution is 2.39. The summed E-state index contributed by atoms with van der Waals surface area (Å²) >= 11 is 1.65. The van der Waals surface area contributed by atoms with Crippen LogP contribution in [0.15, 0.2) is 47.2 Å². The number of benzene rings is 1. The van der Waals surface area contributed by atoms with E-state index >= 15 is 0 Å². The summed E-state index contributed by atoms with van der Waals surface area (Å²) in [4.78, 5) is 11.7. The van der Waals surface area contributed by atoms with Crippen LogP contribution in [0.4, 0.5) is 4.39 Å². The van der Waals surface area contributed by atoms with Gasteiger partial charge in [0.2, 0.25) is 0 Å². The average molecular weight is 428 g/mol. The summed E-state index contributed by atoms with van der Waals surface area (Å²) in [6.07, 6.45) is 0.222. The first-order valence-electron chi connectivity index (χ1n) is 10.3. The minimum atomic E-state index is -0.636. The lowest BCUT2D eigenvalue weighted by Crippen LogP contribution is -2.33. The maximum absolute atomic E-state index is 13.6. The molecule has 1 aliphatic heterocycles. The van der Waals surface area contributed by atoms with Crippen molar-refractivity contribution in [1.82, 2.24) is 4.57 Å². The third-order valence-corrected chi connectivity index (χ3v) is 6.26. The lowest BCUT2D eigenvalue weighted by molar-refractivity contribution is -0.160. The van der Waals surface area contributed by atoms with E-state index in [4.69, 9.17) is 4.74 Å². The van der Waals surface area contributed by atoms with Crippen molar-refractivity contribution in [2.24, 2.45) is 0 Å². The zero-order chi connectivity index (χ0) is 21.3. The summed E-state index contributed by atoms with van der Waals surface area (Å²) in [7, 11) is 0. The van der Waals surface area contributed by atoms with Crippen molar-refractivity contribution in [3.63, 3.8) is 0 Å². The number of halogens is 1. The Morgan fingerprint density at radius 1 is 1.23 bits per heavy atom. The Balaban J connectivity index is 1.75. The molecule has 0 bridgehead atoms. The van der Waals surface area contributed by atoms with Gasteiger partial charge >= 0.3 is 5.97 Å². The van der Waals surface area contributed by atoms with Gasteiger partial charge < -0.3 is 14.4 Å². The fourth-order valence-electron chi connectivity index (χ4n) is 4.16. The monoisotopic (exact) mass is 427 g/mol. The molecule has 0 spiro atoms. The van der Waals surface area contributed by atoms with Gasteiger partial charge in [-0.1, -0.05) is 13.8 Å². The van der Waals surface area contributed by atoms with Crippen LogP contribution in [0, 0.1) is 5.82 Å². The number of aliphatic hydroxyl groups excluding tert-OH is 1. The molecule has 158 valence electrons. The molecule has 1 fully saturated rings. The Bertz CT molecular complexity index is 1010. The number of aliphatic hydroxyl groups is 1. The lowest BCUT2D eigenvalue weighted by Gasteiger charge is -2.27. The molecule has 4 rings (SSSR count). The van der Waals surface area contributed by atoms with Gasteiger partial charge in [0, 0.05) is 30.6 Å². The quantitative estimate of drug-likeness (QED) is 0.521. The van der Waals surface area contributed by atoms with Crippen molar-refractivity contribution in [2.75, 3.05) is 0 Å². The number of thiophene rings is 1. The predicted octanol–water partition coefficient (Wildman–Crippen LogP) is 5.60. The number of rotatable bonds is 6. The lowest BCUT2D eigenvalue weighted by atomic mass is 10.0. The number of aromatic nitrogens is 1. The number of hydrogen-bond acceptors (Lipinski definition) is 4. The largest absolute Gasteiger partial charge is 0.462 e. The van der Waals surface area contributed by atoms with Gasteiger partial charge in [0.05, 0.1) is 18.2 Å². The van der Waals surface area contributed by atoms with E-state index in [1.54, 1.807) is 11.3 Å². The summed E-state index contributed by atoms with van der Waals surface area (Å²) in [5, 5.41) is 14.1. The van der Waals surface area contributed by atoms with Crippen LogP contribution < -0.4 is 0 Å². The Hall–Kier alpha value is -2.44. The minimum absolute atomic E-state index is 0.0698. The normalized spacial score (nSPS) is 19.3. The molecule has 3 heterocycles. The first-order chi connectivity index (χ1) is 14.4. The smallest absolute Gasteiger partial charge is 0.308 e. The second-order valence-electron chi connectivity index (χ2n) is 8.15. The van der Waals surface area contributed by atoms with Crippen molar-refractivity contribution < 1.29 is 19.0 Å². The second kappa shape index (κ2) is 8.74. The molecule has 0 radical (unpaired) electrons. The zero-order valence-electron chi connectivity index (χ0n) is 17.2. The van der Waals surface area contributed by atoms with E-state index in [9.17, 15) is 14.3 Å². The maximum atomic E-state index is 13.6. The Morgan fingerprint density at radius 3 is 2.63 bits per heavy atom.